The van der Waals surface area contributed by atoms with E-state index in [1.54, 1.807) is 19.1 Å². The molecule has 0 radical (unpaired) electrons. The number of anilines is 1. The van der Waals surface area contributed by atoms with E-state index >= 15 is 0 Å². The molecule has 0 fully saturated rings. The monoisotopic (exact) mass is 452 g/mol. The van der Waals surface area contributed by atoms with E-state index in [4.69, 9.17) is 16.0 Å². The zero-order chi connectivity index (χ0) is 22.6. The van der Waals surface area contributed by atoms with E-state index in [9.17, 15) is 22.8 Å². The van der Waals surface area contributed by atoms with E-state index in [-0.39, 0.29) is 17.9 Å². The second-order valence-corrected chi connectivity index (χ2v) is 6.93. The summed E-state index contributed by atoms with van der Waals surface area (Å²) < 4.78 is 44.3. The van der Waals surface area contributed by atoms with Crippen LogP contribution >= 0.6 is 11.6 Å². The Bertz CT molecular complexity index is 1070. The van der Waals surface area contributed by atoms with Crippen LogP contribution in [0.1, 0.15) is 27.5 Å². The molecule has 31 heavy (non-hydrogen) atoms. The number of nitrogens with zero attached hydrogens (tertiary/aromatic N) is 3. The average Bonchev–Trinajstić information content (AvgIpc) is 3.21. The number of halogens is 4. The van der Waals surface area contributed by atoms with E-state index in [2.05, 4.69) is 15.3 Å². The van der Waals surface area contributed by atoms with Crippen LogP contribution in [0.2, 0.25) is 5.02 Å². The summed E-state index contributed by atoms with van der Waals surface area (Å²) in [6, 6.07) is 6.24. The summed E-state index contributed by atoms with van der Waals surface area (Å²) in [5.41, 5.74) is -0.571. The van der Waals surface area contributed by atoms with E-state index in [1.165, 1.54) is 24.7 Å². The molecule has 3 rings (SSSR count). The van der Waals surface area contributed by atoms with E-state index in [0.29, 0.717) is 11.5 Å². The van der Waals surface area contributed by atoms with Gasteiger partial charge in [-0.05, 0) is 37.3 Å². The van der Waals surface area contributed by atoms with Crippen molar-refractivity contribution >= 4 is 29.1 Å². The van der Waals surface area contributed by atoms with Crippen molar-refractivity contribution in [3.05, 3.63) is 76.7 Å². The zero-order valence-corrected chi connectivity index (χ0v) is 16.9. The fraction of sp³-hybridized carbons (Fsp3) is 0.200. The molecule has 0 saturated heterocycles. The van der Waals surface area contributed by atoms with Gasteiger partial charge in [-0.3, -0.25) is 14.6 Å². The Labute approximate surface area is 179 Å². The number of nitrogens with one attached hydrogen (secondary N) is 1. The van der Waals surface area contributed by atoms with Crippen LogP contribution in [0.3, 0.4) is 0 Å². The Morgan fingerprint density at radius 2 is 1.97 bits per heavy atom. The highest BCUT2D eigenvalue weighted by Gasteiger charge is 2.33. The summed E-state index contributed by atoms with van der Waals surface area (Å²) in [6.45, 7) is 1.19. The third kappa shape index (κ3) is 5.82. The summed E-state index contributed by atoms with van der Waals surface area (Å²) >= 11 is 5.59. The summed E-state index contributed by atoms with van der Waals surface area (Å²) in [5, 5.41) is 1.86. The largest absolute Gasteiger partial charge is 0.467 e. The van der Waals surface area contributed by atoms with Crippen molar-refractivity contribution in [1.82, 2.24) is 14.9 Å². The van der Waals surface area contributed by atoms with Gasteiger partial charge in [0.2, 0.25) is 5.91 Å². The third-order valence-corrected chi connectivity index (χ3v) is 4.43. The van der Waals surface area contributed by atoms with Gasteiger partial charge in [-0.1, -0.05) is 11.6 Å². The summed E-state index contributed by atoms with van der Waals surface area (Å²) in [6.07, 6.45) is -0.580. The zero-order valence-electron chi connectivity index (χ0n) is 16.1. The third-order valence-electron chi connectivity index (χ3n) is 4.10. The highest BCUT2D eigenvalue weighted by molar-refractivity contribution is 6.31. The molecule has 0 aliphatic heterocycles. The maximum absolute atomic E-state index is 13.0. The number of rotatable bonds is 6. The molecule has 0 bridgehead atoms. The summed E-state index contributed by atoms with van der Waals surface area (Å²) in [4.78, 5) is 34.5. The molecule has 0 unspecified atom stereocenters. The van der Waals surface area contributed by atoms with Crippen LogP contribution in [0.4, 0.5) is 18.9 Å². The van der Waals surface area contributed by atoms with Gasteiger partial charge in [-0.25, -0.2) is 4.98 Å². The first-order valence-corrected chi connectivity index (χ1v) is 9.28. The van der Waals surface area contributed by atoms with Gasteiger partial charge in [0.1, 0.15) is 18.0 Å². The van der Waals surface area contributed by atoms with Crippen LogP contribution in [-0.2, 0) is 17.5 Å². The molecule has 162 valence electrons. The number of carbonyl (C=O) groups excluding carboxylic acids is 2. The predicted octanol–water partition coefficient (Wildman–Crippen LogP) is 4.33. The first-order valence-electron chi connectivity index (χ1n) is 8.90. The van der Waals surface area contributed by atoms with Crippen molar-refractivity contribution in [2.45, 2.75) is 19.6 Å². The van der Waals surface area contributed by atoms with Gasteiger partial charge in [0.05, 0.1) is 35.3 Å². The van der Waals surface area contributed by atoms with Crippen LogP contribution in [0.25, 0.3) is 0 Å². The molecule has 7 nitrogen and oxygen atoms in total. The second kappa shape index (κ2) is 9.17. The van der Waals surface area contributed by atoms with Crippen molar-refractivity contribution in [3.8, 4) is 0 Å². The SMILES string of the molecule is Cc1cnc(C(=O)N(CC(=O)Nc2ccc(Cl)c(C(F)(F)F)c2)Cc2ccco2)cn1. The number of hydrogen-bond acceptors (Lipinski definition) is 5. The fourth-order valence-corrected chi connectivity index (χ4v) is 2.87. The number of alkyl halides is 3. The van der Waals surface area contributed by atoms with Gasteiger partial charge in [0.25, 0.3) is 5.91 Å². The average molecular weight is 453 g/mol. The standard InChI is InChI=1S/C20H16ClF3N4O3/c1-12-8-26-17(9-25-12)19(30)28(10-14-3-2-6-31-14)11-18(29)27-13-4-5-16(21)15(7-13)20(22,23)24/h2-9H,10-11H2,1H3,(H,27,29). The van der Waals surface area contributed by atoms with Gasteiger partial charge < -0.3 is 14.6 Å². The highest BCUT2D eigenvalue weighted by Crippen LogP contribution is 2.36. The van der Waals surface area contributed by atoms with Gasteiger partial charge in [0, 0.05) is 11.9 Å². The predicted molar refractivity (Wildman–Crippen MR) is 105 cm³/mol. The lowest BCUT2D eigenvalue weighted by Gasteiger charge is -2.21. The van der Waals surface area contributed by atoms with Gasteiger partial charge in [0.15, 0.2) is 0 Å². The number of aromatic nitrogens is 2. The molecule has 2 amide bonds. The Kier molecular flexibility index (Phi) is 6.59. The Morgan fingerprint density at radius 3 is 2.58 bits per heavy atom. The number of benzene rings is 1. The van der Waals surface area contributed by atoms with Crippen molar-refractivity contribution < 1.29 is 27.2 Å². The minimum Gasteiger partial charge on any atom is -0.467 e. The van der Waals surface area contributed by atoms with Crippen molar-refractivity contribution in [2.75, 3.05) is 11.9 Å². The van der Waals surface area contributed by atoms with Crippen LogP contribution in [0.15, 0.2) is 53.4 Å². The fourth-order valence-electron chi connectivity index (χ4n) is 2.65. The molecule has 0 atom stereocenters. The number of hydrogen-bond donors (Lipinski definition) is 1. The molecular formula is C20H16ClF3N4O3. The molecule has 2 aromatic heterocycles. The molecule has 2 heterocycles. The Morgan fingerprint density at radius 1 is 1.19 bits per heavy atom. The molecule has 1 aromatic carbocycles. The van der Waals surface area contributed by atoms with Gasteiger partial charge in [-0.2, -0.15) is 13.2 Å². The molecule has 0 aliphatic carbocycles. The minimum atomic E-state index is -4.68. The van der Waals surface area contributed by atoms with Crippen LogP contribution in [0.5, 0.6) is 0 Å². The molecule has 1 N–H and O–H groups in total. The molecule has 0 saturated carbocycles. The maximum atomic E-state index is 13.0. The number of amides is 2. The molecule has 3 aromatic rings. The van der Waals surface area contributed by atoms with E-state index in [1.807, 2.05) is 0 Å². The van der Waals surface area contributed by atoms with Crippen molar-refractivity contribution in [3.63, 3.8) is 0 Å². The Balaban J connectivity index is 1.78. The molecule has 0 spiro atoms. The minimum absolute atomic E-state index is 0.0100. The first kappa shape index (κ1) is 22.3. The molecule has 0 aliphatic rings. The topological polar surface area (TPSA) is 88.3 Å². The summed E-state index contributed by atoms with van der Waals surface area (Å²) in [5.74, 6) is -0.895. The number of carbonyl (C=O) groups is 2. The molecular weight excluding hydrogens is 437 g/mol. The smallest absolute Gasteiger partial charge is 0.417 e. The maximum Gasteiger partial charge on any atom is 0.417 e. The second-order valence-electron chi connectivity index (χ2n) is 6.52. The van der Waals surface area contributed by atoms with Crippen LogP contribution < -0.4 is 5.32 Å². The normalized spacial score (nSPS) is 11.3. The van der Waals surface area contributed by atoms with Crippen LogP contribution in [0, 0.1) is 6.92 Å². The van der Waals surface area contributed by atoms with Gasteiger partial charge in [-0.15, -0.1) is 0 Å². The quantitative estimate of drug-likeness (QED) is 0.601. The van der Waals surface area contributed by atoms with Crippen molar-refractivity contribution in [2.24, 2.45) is 0 Å². The summed E-state index contributed by atoms with van der Waals surface area (Å²) in [7, 11) is 0. The number of aryl methyl sites for hydroxylation is 1. The lowest BCUT2D eigenvalue weighted by atomic mass is 10.2. The van der Waals surface area contributed by atoms with E-state index in [0.717, 1.165) is 17.0 Å². The van der Waals surface area contributed by atoms with Gasteiger partial charge >= 0.3 is 6.18 Å². The van der Waals surface area contributed by atoms with Crippen LogP contribution in [-0.4, -0.2) is 33.2 Å². The molecule has 11 heteroatoms. The first-order chi connectivity index (χ1) is 14.6. The lowest BCUT2D eigenvalue weighted by molar-refractivity contribution is -0.137. The lowest BCUT2D eigenvalue weighted by Crippen LogP contribution is -2.38. The van der Waals surface area contributed by atoms with E-state index < -0.39 is 35.1 Å². The highest BCUT2D eigenvalue weighted by atomic mass is 35.5. The Hall–Kier alpha value is -3.40. The van der Waals surface area contributed by atoms with Crippen molar-refractivity contribution in [1.29, 1.82) is 0 Å². The number of furan rings is 1.